The maximum Gasteiger partial charge on any atom is 0.279 e. The highest BCUT2D eigenvalue weighted by Gasteiger charge is 2.26. The predicted octanol–water partition coefficient (Wildman–Crippen LogP) is 4.12. The summed E-state index contributed by atoms with van der Waals surface area (Å²) in [5.41, 5.74) is 2.89. The van der Waals surface area contributed by atoms with E-state index >= 15 is 0 Å². The highest BCUT2D eigenvalue weighted by Crippen LogP contribution is 2.26. The number of aryl methyl sites for hydroxylation is 1. The number of carbonyl (C=O) groups excluding carboxylic acids is 1. The zero-order chi connectivity index (χ0) is 18.1. The summed E-state index contributed by atoms with van der Waals surface area (Å²) in [6.45, 7) is 3.00. The minimum atomic E-state index is -0.178. The molecule has 0 radical (unpaired) electrons. The lowest BCUT2D eigenvalue weighted by atomic mass is 10.2. The van der Waals surface area contributed by atoms with E-state index in [1.807, 2.05) is 55.5 Å². The van der Waals surface area contributed by atoms with Crippen LogP contribution in [0.3, 0.4) is 0 Å². The van der Waals surface area contributed by atoms with Gasteiger partial charge in [0.25, 0.3) is 5.91 Å². The van der Waals surface area contributed by atoms with E-state index in [1.54, 1.807) is 11.0 Å². The summed E-state index contributed by atoms with van der Waals surface area (Å²) >= 11 is 6.35. The van der Waals surface area contributed by atoms with Gasteiger partial charge in [0.2, 0.25) is 5.96 Å². The number of nitrogens with zero attached hydrogens (tertiary/aromatic N) is 3. The smallest absolute Gasteiger partial charge is 0.279 e. The van der Waals surface area contributed by atoms with Gasteiger partial charge in [-0.05, 0) is 30.7 Å². The van der Waals surface area contributed by atoms with Crippen molar-refractivity contribution in [2.24, 2.45) is 4.99 Å². The van der Waals surface area contributed by atoms with Crippen molar-refractivity contribution in [1.29, 1.82) is 0 Å². The number of fused-ring (bicyclic) bond motifs is 1. The first-order valence-electron chi connectivity index (χ1n) is 8.38. The van der Waals surface area contributed by atoms with Crippen LogP contribution in [0.5, 0.6) is 0 Å². The van der Waals surface area contributed by atoms with Crippen LogP contribution < -0.4 is 5.32 Å². The summed E-state index contributed by atoms with van der Waals surface area (Å²) in [6, 6.07) is 17.1. The molecule has 0 bridgehead atoms. The van der Waals surface area contributed by atoms with E-state index in [0.717, 1.165) is 22.2 Å². The van der Waals surface area contributed by atoms with Gasteiger partial charge in [-0.1, -0.05) is 48.0 Å². The molecule has 1 aromatic heterocycles. The quantitative estimate of drug-likeness (QED) is 0.744. The standard InChI is InChI=1S/C20H17ClN4O/c1-13-5-4-8-16(18(13)21)24-20-22-11-12-25(20)19(26)17-10-9-14-6-2-3-7-15(14)23-17/h2-10H,11-12H2,1H3,(H,22,24). The van der Waals surface area contributed by atoms with Gasteiger partial charge in [0.05, 0.1) is 22.8 Å². The van der Waals surface area contributed by atoms with E-state index in [-0.39, 0.29) is 5.91 Å². The van der Waals surface area contributed by atoms with Gasteiger partial charge in [0, 0.05) is 11.9 Å². The Morgan fingerprint density at radius 1 is 1.12 bits per heavy atom. The van der Waals surface area contributed by atoms with Crippen LogP contribution in [0.2, 0.25) is 5.02 Å². The molecule has 0 atom stereocenters. The van der Waals surface area contributed by atoms with Crippen molar-refractivity contribution >= 4 is 40.1 Å². The highest BCUT2D eigenvalue weighted by atomic mass is 35.5. The Bertz CT molecular complexity index is 1030. The average Bonchev–Trinajstić information content (AvgIpc) is 3.12. The largest absolute Gasteiger partial charge is 0.324 e. The molecule has 0 saturated carbocycles. The number of pyridine rings is 1. The molecule has 26 heavy (non-hydrogen) atoms. The Hall–Kier alpha value is -2.92. The normalized spacial score (nSPS) is 13.8. The second kappa shape index (κ2) is 6.77. The van der Waals surface area contributed by atoms with Crippen molar-refractivity contribution in [3.8, 4) is 0 Å². The zero-order valence-electron chi connectivity index (χ0n) is 14.2. The monoisotopic (exact) mass is 364 g/mol. The Labute approximate surface area is 156 Å². The van der Waals surface area contributed by atoms with Crippen molar-refractivity contribution in [1.82, 2.24) is 9.88 Å². The number of anilines is 1. The van der Waals surface area contributed by atoms with Crippen molar-refractivity contribution in [3.05, 3.63) is 70.9 Å². The van der Waals surface area contributed by atoms with Crippen LogP contribution in [0.4, 0.5) is 5.69 Å². The first kappa shape index (κ1) is 16.5. The summed E-state index contributed by atoms with van der Waals surface area (Å²) < 4.78 is 0. The van der Waals surface area contributed by atoms with Gasteiger partial charge < -0.3 is 5.32 Å². The van der Waals surface area contributed by atoms with E-state index in [2.05, 4.69) is 15.3 Å². The van der Waals surface area contributed by atoms with Gasteiger partial charge in [0.1, 0.15) is 5.69 Å². The molecule has 0 unspecified atom stereocenters. The second-order valence-corrected chi connectivity index (χ2v) is 6.49. The van der Waals surface area contributed by atoms with E-state index in [9.17, 15) is 4.79 Å². The number of rotatable bonds is 2. The Morgan fingerprint density at radius 3 is 2.85 bits per heavy atom. The molecule has 130 valence electrons. The molecule has 5 nitrogen and oxygen atoms in total. The summed E-state index contributed by atoms with van der Waals surface area (Å²) in [4.78, 5) is 23.5. The molecule has 2 aromatic carbocycles. The molecule has 1 aliphatic heterocycles. The number of guanidine groups is 1. The third-order valence-electron chi connectivity index (χ3n) is 4.34. The average molecular weight is 365 g/mol. The molecule has 2 heterocycles. The topological polar surface area (TPSA) is 57.6 Å². The first-order chi connectivity index (χ1) is 12.6. The summed E-state index contributed by atoms with van der Waals surface area (Å²) in [5, 5.41) is 4.81. The molecule has 1 aliphatic rings. The number of aromatic nitrogens is 1. The van der Waals surface area contributed by atoms with Crippen molar-refractivity contribution < 1.29 is 4.79 Å². The SMILES string of the molecule is Cc1cccc(NC2=NCCN2C(=O)c2ccc3ccccc3n2)c1Cl. The summed E-state index contributed by atoms with van der Waals surface area (Å²) in [7, 11) is 0. The first-order valence-corrected chi connectivity index (χ1v) is 8.75. The van der Waals surface area contributed by atoms with E-state index in [1.165, 1.54) is 0 Å². The van der Waals surface area contributed by atoms with Gasteiger partial charge in [0.15, 0.2) is 0 Å². The number of halogens is 1. The van der Waals surface area contributed by atoms with Crippen molar-refractivity contribution in [2.75, 3.05) is 18.4 Å². The summed E-state index contributed by atoms with van der Waals surface area (Å²) in [6.07, 6.45) is 0. The van der Waals surface area contributed by atoms with Gasteiger partial charge in [-0.15, -0.1) is 0 Å². The number of aliphatic imine (C=N–C) groups is 1. The molecule has 4 rings (SSSR count). The molecule has 1 amide bonds. The second-order valence-electron chi connectivity index (χ2n) is 6.11. The van der Waals surface area contributed by atoms with E-state index in [4.69, 9.17) is 11.6 Å². The van der Waals surface area contributed by atoms with Crippen LogP contribution in [0.1, 0.15) is 16.1 Å². The fourth-order valence-corrected chi connectivity index (χ4v) is 3.11. The highest BCUT2D eigenvalue weighted by molar-refractivity contribution is 6.34. The molecular weight excluding hydrogens is 348 g/mol. The molecule has 0 spiro atoms. The van der Waals surface area contributed by atoms with E-state index < -0.39 is 0 Å². The van der Waals surface area contributed by atoms with Crippen LogP contribution in [0.15, 0.2) is 59.6 Å². The predicted molar refractivity (Wildman–Crippen MR) is 105 cm³/mol. The lowest BCUT2D eigenvalue weighted by Gasteiger charge is -2.20. The number of carbonyl (C=O) groups is 1. The zero-order valence-corrected chi connectivity index (χ0v) is 15.0. The minimum absolute atomic E-state index is 0.178. The lowest BCUT2D eigenvalue weighted by molar-refractivity contribution is 0.0852. The number of amides is 1. The van der Waals surface area contributed by atoms with Crippen LogP contribution in [-0.2, 0) is 0 Å². The van der Waals surface area contributed by atoms with Crippen molar-refractivity contribution in [3.63, 3.8) is 0 Å². The Morgan fingerprint density at radius 2 is 1.96 bits per heavy atom. The molecule has 6 heteroatoms. The van der Waals surface area contributed by atoms with Gasteiger partial charge in [-0.2, -0.15) is 0 Å². The molecule has 0 saturated heterocycles. The van der Waals surface area contributed by atoms with Gasteiger partial charge >= 0.3 is 0 Å². The van der Waals surface area contributed by atoms with Gasteiger partial charge in [-0.3, -0.25) is 14.7 Å². The molecule has 1 N–H and O–H groups in total. The minimum Gasteiger partial charge on any atom is -0.324 e. The number of para-hydroxylation sites is 1. The molecule has 0 aliphatic carbocycles. The number of benzene rings is 2. The Balaban J connectivity index is 1.60. The van der Waals surface area contributed by atoms with Crippen LogP contribution >= 0.6 is 11.6 Å². The van der Waals surface area contributed by atoms with Crippen LogP contribution in [0.25, 0.3) is 10.9 Å². The fraction of sp³-hybridized carbons (Fsp3) is 0.150. The summed E-state index contributed by atoms with van der Waals surface area (Å²) in [5.74, 6) is 0.320. The lowest BCUT2D eigenvalue weighted by Crippen LogP contribution is -2.38. The molecular formula is C20H17ClN4O. The Kier molecular flexibility index (Phi) is 4.31. The number of hydrogen-bond acceptors (Lipinski definition) is 4. The number of nitrogens with one attached hydrogen (secondary N) is 1. The molecule has 3 aromatic rings. The van der Waals surface area contributed by atoms with Crippen LogP contribution in [-0.4, -0.2) is 34.8 Å². The maximum atomic E-state index is 13.0. The number of hydrogen-bond donors (Lipinski definition) is 1. The third-order valence-corrected chi connectivity index (χ3v) is 4.84. The van der Waals surface area contributed by atoms with Crippen LogP contribution in [0, 0.1) is 6.92 Å². The fourth-order valence-electron chi connectivity index (χ4n) is 2.94. The third kappa shape index (κ3) is 3.02. The van der Waals surface area contributed by atoms with E-state index in [0.29, 0.717) is 29.8 Å². The molecule has 0 fully saturated rings. The van der Waals surface area contributed by atoms with Gasteiger partial charge in [-0.25, -0.2) is 4.98 Å². The van der Waals surface area contributed by atoms with Crippen molar-refractivity contribution in [2.45, 2.75) is 6.92 Å². The maximum absolute atomic E-state index is 13.0.